The van der Waals surface area contributed by atoms with Gasteiger partial charge in [0.1, 0.15) is 5.82 Å². The number of rotatable bonds is 2. The van der Waals surface area contributed by atoms with Gasteiger partial charge in [-0.05, 0) is 55.2 Å². The highest BCUT2D eigenvalue weighted by atomic mass is 79.9. The Hall–Kier alpha value is -1.35. The molecule has 1 aliphatic heterocycles. The lowest BCUT2D eigenvalue weighted by Gasteiger charge is -2.37. The number of nitrogens with zero attached hydrogens (tertiary/aromatic N) is 1. The summed E-state index contributed by atoms with van der Waals surface area (Å²) in [6, 6.07) is 14.1. The van der Waals surface area contributed by atoms with Crippen molar-refractivity contribution < 1.29 is 4.39 Å². The average Bonchev–Trinajstić information content (AvgIpc) is 2.41. The number of hydrogen-bond donors (Lipinski definition) is 0. The quantitative estimate of drug-likeness (QED) is 0.753. The molecule has 0 amide bonds. The summed E-state index contributed by atoms with van der Waals surface area (Å²) in [4.78, 5) is 2.38. The van der Waals surface area contributed by atoms with E-state index in [1.807, 2.05) is 6.07 Å². The van der Waals surface area contributed by atoms with Gasteiger partial charge in [-0.25, -0.2) is 4.39 Å². The lowest BCUT2D eigenvalue weighted by atomic mass is 9.96. The van der Waals surface area contributed by atoms with Gasteiger partial charge in [-0.3, -0.25) is 0 Å². The Morgan fingerprint density at radius 3 is 2.85 bits per heavy atom. The molecule has 1 aliphatic rings. The first-order valence-corrected chi connectivity index (χ1v) is 7.72. The third-order valence-corrected chi connectivity index (χ3v) is 4.40. The molecule has 3 rings (SSSR count). The zero-order valence-electron chi connectivity index (χ0n) is 11.4. The summed E-state index contributed by atoms with van der Waals surface area (Å²) in [7, 11) is 0. The predicted molar refractivity (Wildman–Crippen MR) is 84.5 cm³/mol. The van der Waals surface area contributed by atoms with Crippen LogP contribution in [0.2, 0.25) is 0 Å². The maximum absolute atomic E-state index is 13.5. The molecular weight excluding hydrogens is 317 g/mol. The van der Waals surface area contributed by atoms with Gasteiger partial charge in [-0.15, -0.1) is 0 Å². The minimum Gasteiger partial charge on any atom is -0.364 e. The smallest absolute Gasteiger partial charge is 0.124 e. The highest BCUT2D eigenvalue weighted by Crippen LogP contribution is 2.32. The highest BCUT2D eigenvalue weighted by molar-refractivity contribution is 9.10. The second kappa shape index (κ2) is 5.57. The van der Waals surface area contributed by atoms with Crippen molar-refractivity contribution in [2.75, 3.05) is 4.90 Å². The monoisotopic (exact) mass is 333 g/mol. The third kappa shape index (κ3) is 2.73. The molecule has 1 nitrogen and oxygen atoms in total. The molecule has 0 saturated heterocycles. The zero-order valence-corrected chi connectivity index (χ0v) is 13.0. The van der Waals surface area contributed by atoms with Crippen LogP contribution < -0.4 is 4.90 Å². The van der Waals surface area contributed by atoms with Gasteiger partial charge in [0.15, 0.2) is 0 Å². The van der Waals surface area contributed by atoms with Gasteiger partial charge in [0.05, 0.1) is 0 Å². The van der Waals surface area contributed by atoms with Crippen LogP contribution in [-0.4, -0.2) is 6.04 Å². The van der Waals surface area contributed by atoms with Crippen molar-refractivity contribution in [2.24, 2.45) is 0 Å². The largest absolute Gasteiger partial charge is 0.364 e. The average molecular weight is 334 g/mol. The fourth-order valence-electron chi connectivity index (χ4n) is 2.90. The van der Waals surface area contributed by atoms with Crippen LogP contribution in [0.3, 0.4) is 0 Å². The first kappa shape index (κ1) is 13.6. The summed E-state index contributed by atoms with van der Waals surface area (Å²) in [5.41, 5.74) is 3.67. The van der Waals surface area contributed by atoms with E-state index < -0.39 is 0 Å². The van der Waals surface area contributed by atoms with Crippen LogP contribution in [0.25, 0.3) is 0 Å². The Morgan fingerprint density at radius 1 is 1.25 bits per heavy atom. The molecule has 1 heterocycles. The standard InChI is InChI=1S/C17H17BrFN/c1-12-6-7-14-4-2-3-5-17(14)20(12)11-13-8-15(18)10-16(19)9-13/h2-5,8-10,12H,6-7,11H2,1H3. The topological polar surface area (TPSA) is 3.24 Å². The summed E-state index contributed by atoms with van der Waals surface area (Å²) < 4.78 is 14.3. The van der Waals surface area contributed by atoms with Gasteiger partial charge in [-0.2, -0.15) is 0 Å². The summed E-state index contributed by atoms with van der Waals surface area (Å²) in [6.45, 7) is 2.98. The van der Waals surface area contributed by atoms with Crippen LogP contribution in [0.15, 0.2) is 46.9 Å². The molecule has 0 aromatic heterocycles. The molecule has 0 spiro atoms. The fraction of sp³-hybridized carbons (Fsp3) is 0.294. The Morgan fingerprint density at radius 2 is 2.05 bits per heavy atom. The van der Waals surface area contributed by atoms with E-state index in [0.29, 0.717) is 6.04 Å². The van der Waals surface area contributed by atoms with E-state index in [0.717, 1.165) is 29.4 Å². The van der Waals surface area contributed by atoms with Gasteiger partial charge >= 0.3 is 0 Å². The minimum atomic E-state index is -0.188. The number of hydrogen-bond acceptors (Lipinski definition) is 1. The van der Waals surface area contributed by atoms with Crippen molar-refractivity contribution in [3.63, 3.8) is 0 Å². The molecule has 1 unspecified atom stereocenters. The van der Waals surface area contributed by atoms with Crippen LogP contribution in [0.4, 0.5) is 10.1 Å². The van der Waals surface area contributed by atoms with Crippen molar-refractivity contribution in [3.05, 3.63) is 63.9 Å². The SMILES string of the molecule is CC1CCc2ccccc2N1Cc1cc(F)cc(Br)c1. The molecule has 20 heavy (non-hydrogen) atoms. The second-order valence-corrected chi connectivity index (χ2v) is 6.34. The maximum Gasteiger partial charge on any atom is 0.124 e. The predicted octanol–water partition coefficient (Wildman–Crippen LogP) is 4.93. The van der Waals surface area contributed by atoms with E-state index >= 15 is 0 Å². The number of halogens is 2. The Kier molecular flexibility index (Phi) is 3.79. The van der Waals surface area contributed by atoms with E-state index in [-0.39, 0.29) is 5.82 Å². The summed E-state index contributed by atoms with van der Waals surface area (Å²) in [6.07, 6.45) is 2.27. The van der Waals surface area contributed by atoms with Crippen molar-refractivity contribution in [3.8, 4) is 0 Å². The van der Waals surface area contributed by atoms with Crippen molar-refractivity contribution in [2.45, 2.75) is 32.4 Å². The second-order valence-electron chi connectivity index (χ2n) is 5.42. The van der Waals surface area contributed by atoms with E-state index in [9.17, 15) is 4.39 Å². The molecule has 0 N–H and O–H groups in total. The molecule has 0 saturated carbocycles. The fourth-order valence-corrected chi connectivity index (χ4v) is 3.41. The van der Waals surface area contributed by atoms with Crippen LogP contribution in [-0.2, 0) is 13.0 Å². The summed E-state index contributed by atoms with van der Waals surface area (Å²) >= 11 is 3.37. The lowest BCUT2D eigenvalue weighted by Crippen LogP contribution is -2.36. The first-order chi connectivity index (χ1) is 9.63. The number of para-hydroxylation sites is 1. The van der Waals surface area contributed by atoms with E-state index in [1.165, 1.54) is 17.3 Å². The molecular formula is C17H17BrFN. The van der Waals surface area contributed by atoms with Gasteiger partial charge < -0.3 is 4.90 Å². The number of anilines is 1. The Balaban J connectivity index is 1.93. The van der Waals surface area contributed by atoms with Gasteiger partial charge in [0.25, 0.3) is 0 Å². The number of aryl methyl sites for hydroxylation is 1. The van der Waals surface area contributed by atoms with Crippen molar-refractivity contribution in [1.29, 1.82) is 0 Å². The zero-order chi connectivity index (χ0) is 14.1. The molecule has 0 fully saturated rings. The summed E-state index contributed by atoms with van der Waals surface area (Å²) in [5.74, 6) is -0.188. The molecule has 1 atom stereocenters. The first-order valence-electron chi connectivity index (χ1n) is 6.93. The Bertz CT molecular complexity index is 606. The lowest BCUT2D eigenvalue weighted by molar-refractivity contribution is 0.558. The van der Waals surface area contributed by atoms with Crippen LogP contribution in [0.1, 0.15) is 24.5 Å². The van der Waals surface area contributed by atoms with Crippen molar-refractivity contribution in [1.82, 2.24) is 0 Å². The van der Waals surface area contributed by atoms with Crippen LogP contribution in [0.5, 0.6) is 0 Å². The maximum atomic E-state index is 13.5. The van der Waals surface area contributed by atoms with E-state index in [1.54, 1.807) is 6.07 Å². The molecule has 0 bridgehead atoms. The van der Waals surface area contributed by atoms with Gasteiger partial charge in [0.2, 0.25) is 0 Å². The normalized spacial score (nSPS) is 17.9. The molecule has 0 radical (unpaired) electrons. The van der Waals surface area contributed by atoms with Crippen LogP contribution in [0, 0.1) is 5.82 Å². The minimum absolute atomic E-state index is 0.188. The highest BCUT2D eigenvalue weighted by Gasteiger charge is 2.22. The Labute approximate surface area is 127 Å². The summed E-state index contributed by atoms with van der Waals surface area (Å²) in [5, 5.41) is 0. The molecule has 2 aromatic rings. The molecule has 2 aromatic carbocycles. The van der Waals surface area contributed by atoms with Crippen LogP contribution >= 0.6 is 15.9 Å². The molecule has 104 valence electrons. The third-order valence-electron chi connectivity index (χ3n) is 3.94. The van der Waals surface area contributed by atoms with Crippen molar-refractivity contribution >= 4 is 21.6 Å². The number of fused-ring (bicyclic) bond motifs is 1. The van der Waals surface area contributed by atoms with E-state index in [2.05, 4.69) is 52.0 Å². The molecule has 0 aliphatic carbocycles. The number of benzene rings is 2. The van der Waals surface area contributed by atoms with Gasteiger partial charge in [-0.1, -0.05) is 34.1 Å². The van der Waals surface area contributed by atoms with E-state index in [4.69, 9.17) is 0 Å². The molecule has 3 heteroatoms. The van der Waals surface area contributed by atoms with Gasteiger partial charge in [0, 0.05) is 22.7 Å².